The Hall–Kier alpha value is -0.580. The Bertz CT molecular complexity index is 476. The van der Waals surface area contributed by atoms with E-state index < -0.39 is 0 Å². The van der Waals surface area contributed by atoms with Gasteiger partial charge in [0.15, 0.2) is 0 Å². The Morgan fingerprint density at radius 3 is 2.89 bits per heavy atom. The molecule has 3 nitrogen and oxygen atoms in total. The van der Waals surface area contributed by atoms with E-state index in [1.807, 2.05) is 30.9 Å². The predicted molar refractivity (Wildman–Crippen MR) is 75.1 cm³/mol. The van der Waals surface area contributed by atoms with Crippen LogP contribution < -0.4 is 0 Å². The standard InChI is InChI=1S/C13H15BrClNO2/c1-13(2)8-18-7-6-16(13)12(17)9-4-3-5-10(14)11(9)15/h3-5H,6-8H2,1-2H3. The molecule has 0 saturated carbocycles. The number of hydrogen-bond donors (Lipinski definition) is 0. The van der Waals surface area contributed by atoms with E-state index in [1.54, 1.807) is 6.07 Å². The van der Waals surface area contributed by atoms with E-state index in [1.165, 1.54) is 0 Å². The first-order valence-corrected chi connectivity index (χ1v) is 6.94. The van der Waals surface area contributed by atoms with Crippen molar-refractivity contribution in [3.63, 3.8) is 0 Å². The lowest BCUT2D eigenvalue weighted by molar-refractivity contribution is -0.0370. The van der Waals surface area contributed by atoms with Crippen LogP contribution >= 0.6 is 27.5 Å². The molecule has 0 atom stereocenters. The number of rotatable bonds is 1. The van der Waals surface area contributed by atoms with Crippen LogP contribution in [0.15, 0.2) is 22.7 Å². The fraction of sp³-hybridized carbons (Fsp3) is 0.462. The van der Waals surface area contributed by atoms with Gasteiger partial charge in [0.25, 0.3) is 5.91 Å². The van der Waals surface area contributed by atoms with Crippen molar-refractivity contribution < 1.29 is 9.53 Å². The summed E-state index contributed by atoms with van der Waals surface area (Å²) in [5.74, 6) is -0.0467. The lowest BCUT2D eigenvalue weighted by Crippen LogP contribution is -2.55. The van der Waals surface area contributed by atoms with Crippen molar-refractivity contribution in [3.05, 3.63) is 33.3 Å². The van der Waals surface area contributed by atoms with E-state index in [-0.39, 0.29) is 11.4 Å². The second kappa shape index (κ2) is 5.19. The summed E-state index contributed by atoms with van der Waals surface area (Å²) in [7, 11) is 0. The monoisotopic (exact) mass is 331 g/mol. The van der Waals surface area contributed by atoms with Gasteiger partial charge in [-0.2, -0.15) is 0 Å². The SMILES string of the molecule is CC1(C)COCCN1C(=O)c1cccc(Br)c1Cl. The van der Waals surface area contributed by atoms with E-state index >= 15 is 0 Å². The zero-order chi connectivity index (χ0) is 13.3. The Morgan fingerprint density at radius 2 is 2.22 bits per heavy atom. The molecule has 1 heterocycles. The number of morpholine rings is 1. The van der Waals surface area contributed by atoms with Crippen molar-refractivity contribution in [3.8, 4) is 0 Å². The molecule has 1 fully saturated rings. The predicted octanol–water partition coefficient (Wildman–Crippen LogP) is 3.35. The molecular formula is C13H15BrClNO2. The summed E-state index contributed by atoms with van der Waals surface area (Å²) in [4.78, 5) is 14.4. The largest absolute Gasteiger partial charge is 0.377 e. The molecule has 1 amide bonds. The average molecular weight is 333 g/mol. The maximum absolute atomic E-state index is 12.6. The number of ether oxygens (including phenoxy) is 1. The van der Waals surface area contributed by atoms with Gasteiger partial charge in [-0.1, -0.05) is 17.7 Å². The van der Waals surface area contributed by atoms with E-state index in [2.05, 4.69) is 15.9 Å². The summed E-state index contributed by atoms with van der Waals surface area (Å²) < 4.78 is 6.16. The normalized spacial score (nSPS) is 18.8. The molecule has 0 bridgehead atoms. The van der Waals surface area contributed by atoms with Crippen LogP contribution in [0.3, 0.4) is 0 Å². The Balaban J connectivity index is 2.33. The van der Waals surface area contributed by atoms with Crippen LogP contribution in [0.4, 0.5) is 0 Å². The highest BCUT2D eigenvalue weighted by molar-refractivity contribution is 9.10. The van der Waals surface area contributed by atoms with Gasteiger partial charge in [0.05, 0.1) is 29.3 Å². The van der Waals surface area contributed by atoms with Crippen LogP contribution in [0.5, 0.6) is 0 Å². The van der Waals surface area contributed by atoms with Gasteiger partial charge in [-0.3, -0.25) is 4.79 Å². The molecule has 5 heteroatoms. The van der Waals surface area contributed by atoms with Crippen molar-refractivity contribution in [2.45, 2.75) is 19.4 Å². The molecule has 0 radical (unpaired) electrons. The minimum absolute atomic E-state index is 0.0467. The summed E-state index contributed by atoms with van der Waals surface area (Å²) in [5.41, 5.74) is 0.224. The number of amides is 1. The summed E-state index contributed by atoms with van der Waals surface area (Å²) in [6.45, 7) is 5.70. The van der Waals surface area contributed by atoms with Crippen LogP contribution in [-0.2, 0) is 4.74 Å². The average Bonchev–Trinajstić information content (AvgIpc) is 2.31. The molecule has 1 aliphatic rings. The summed E-state index contributed by atoms with van der Waals surface area (Å²) >= 11 is 9.51. The Morgan fingerprint density at radius 1 is 1.50 bits per heavy atom. The molecule has 0 aliphatic carbocycles. The maximum atomic E-state index is 12.6. The molecule has 1 aliphatic heterocycles. The second-order valence-electron chi connectivity index (χ2n) is 4.92. The molecule has 18 heavy (non-hydrogen) atoms. The van der Waals surface area contributed by atoms with E-state index in [4.69, 9.17) is 16.3 Å². The van der Waals surface area contributed by atoms with Crippen molar-refractivity contribution in [1.29, 1.82) is 0 Å². The molecule has 1 aromatic rings. The highest BCUT2D eigenvalue weighted by atomic mass is 79.9. The Kier molecular flexibility index (Phi) is 3.99. The van der Waals surface area contributed by atoms with E-state index in [0.717, 1.165) is 4.47 Å². The van der Waals surface area contributed by atoms with Gasteiger partial charge in [-0.05, 0) is 41.9 Å². The quantitative estimate of drug-likeness (QED) is 0.789. The number of benzene rings is 1. The first kappa shape index (κ1) is 13.8. The van der Waals surface area contributed by atoms with Gasteiger partial charge >= 0.3 is 0 Å². The lowest BCUT2D eigenvalue weighted by Gasteiger charge is -2.42. The number of nitrogens with zero attached hydrogens (tertiary/aromatic N) is 1. The molecule has 2 rings (SSSR count). The summed E-state index contributed by atoms with van der Waals surface area (Å²) in [6.07, 6.45) is 0. The number of carbonyl (C=O) groups is 1. The zero-order valence-electron chi connectivity index (χ0n) is 10.4. The first-order chi connectivity index (χ1) is 8.43. The van der Waals surface area contributed by atoms with Crippen molar-refractivity contribution in [2.24, 2.45) is 0 Å². The van der Waals surface area contributed by atoms with Crippen LogP contribution in [0, 0.1) is 0 Å². The van der Waals surface area contributed by atoms with Crippen LogP contribution in [0.25, 0.3) is 0 Å². The topological polar surface area (TPSA) is 29.5 Å². The van der Waals surface area contributed by atoms with Crippen LogP contribution in [-0.4, -0.2) is 36.1 Å². The van der Waals surface area contributed by atoms with Gasteiger partial charge in [-0.15, -0.1) is 0 Å². The van der Waals surface area contributed by atoms with Crippen molar-refractivity contribution in [2.75, 3.05) is 19.8 Å². The van der Waals surface area contributed by atoms with Crippen LogP contribution in [0.1, 0.15) is 24.2 Å². The second-order valence-corrected chi connectivity index (χ2v) is 6.16. The molecule has 0 aromatic heterocycles. The highest BCUT2D eigenvalue weighted by Crippen LogP contribution is 2.29. The molecule has 1 aromatic carbocycles. The van der Waals surface area contributed by atoms with Crippen molar-refractivity contribution >= 4 is 33.4 Å². The van der Waals surface area contributed by atoms with E-state index in [9.17, 15) is 4.79 Å². The van der Waals surface area contributed by atoms with Gasteiger partial charge in [0.2, 0.25) is 0 Å². The maximum Gasteiger partial charge on any atom is 0.256 e. The van der Waals surface area contributed by atoms with Gasteiger partial charge < -0.3 is 9.64 Å². The third-order valence-corrected chi connectivity index (χ3v) is 4.37. The first-order valence-electron chi connectivity index (χ1n) is 5.77. The Labute approximate surface area is 120 Å². The molecule has 0 spiro atoms. The van der Waals surface area contributed by atoms with Crippen molar-refractivity contribution in [1.82, 2.24) is 4.90 Å². The van der Waals surface area contributed by atoms with Gasteiger partial charge in [0.1, 0.15) is 0 Å². The minimum atomic E-state index is -0.305. The third-order valence-electron chi connectivity index (χ3n) is 3.07. The number of halogens is 2. The summed E-state index contributed by atoms with van der Waals surface area (Å²) in [5, 5.41) is 0.463. The van der Waals surface area contributed by atoms with Crippen LogP contribution in [0.2, 0.25) is 5.02 Å². The molecule has 0 unspecified atom stereocenters. The van der Waals surface area contributed by atoms with E-state index in [0.29, 0.717) is 30.3 Å². The smallest absolute Gasteiger partial charge is 0.256 e. The lowest BCUT2D eigenvalue weighted by atomic mass is 10.0. The highest BCUT2D eigenvalue weighted by Gasteiger charge is 2.35. The minimum Gasteiger partial charge on any atom is -0.377 e. The van der Waals surface area contributed by atoms with Gasteiger partial charge in [0, 0.05) is 11.0 Å². The molecular weight excluding hydrogens is 318 g/mol. The molecule has 1 saturated heterocycles. The zero-order valence-corrected chi connectivity index (χ0v) is 12.7. The molecule has 98 valence electrons. The number of carbonyl (C=O) groups excluding carboxylic acids is 1. The summed E-state index contributed by atoms with van der Waals surface area (Å²) in [6, 6.07) is 5.39. The van der Waals surface area contributed by atoms with Gasteiger partial charge in [-0.25, -0.2) is 0 Å². The molecule has 0 N–H and O–H groups in total. The number of hydrogen-bond acceptors (Lipinski definition) is 2. The fourth-order valence-electron chi connectivity index (χ4n) is 2.05. The fourth-order valence-corrected chi connectivity index (χ4v) is 2.62. The third kappa shape index (κ3) is 2.56.